The zero-order valence-corrected chi connectivity index (χ0v) is 14.8. The number of amides is 1. The number of nitrogens with zero attached hydrogens (tertiary/aromatic N) is 1. The molecule has 0 fully saturated rings. The highest BCUT2D eigenvalue weighted by atomic mass is 79.9. The molecular weight excluding hydrogens is 340 g/mol. The summed E-state index contributed by atoms with van der Waals surface area (Å²) in [5.74, 6) is 0.102. The Bertz CT molecular complexity index is 579. The molecule has 0 aliphatic carbocycles. The van der Waals surface area contributed by atoms with Crippen LogP contribution < -0.4 is 26.9 Å². The van der Waals surface area contributed by atoms with Crippen LogP contribution in [0, 0.1) is 13.8 Å². The largest absolute Gasteiger partial charge is 1.00 e. The summed E-state index contributed by atoms with van der Waals surface area (Å²) in [6, 6.07) is 12.1. The minimum absolute atomic E-state index is 0. The third kappa shape index (κ3) is 5.60. The summed E-state index contributed by atoms with van der Waals surface area (Å²) in [7, 11) is 0. The molecule has 0 aliphatic heterocycles. The van der Waals surface area contributed by atoms with E-state index in [1.165, 1.54) is 0 Å². The highest BCUT2D eigenvalue weighted by Crippen LogP contribution is 2.19. The number of benzene rings is 1. The third-order valence-corrected chi connectivity index (χ3v) is 3.59. The Hall–Kier alpha value is -1.68. The van der Waals surface area contributed by atoms with Crippen LogP contribution in [0.2, 0.25) is 0 Å². The summed E-state index contributed by atoms with van der Waals surface area (Å²) in [6.45, 7) is 5.00. The van der Waals surface area contributed by atoms with Gasteiger partial charge in [-0.05, 0) is 31.4 Å². The molecule has 1 aromatic heterocycles. The minimum atomic E-state index is 0. The second-order valence-corrected chi connectivity index (χ2v) is 5.39. The maximum absolute atomic E-state index is 12.0. The fourth-order valence-corrected chi connectivity index (χ4v) is 2.38. The molecule has 1 aromatic carbocycles. The third-order valence-electron chi connectivity index (χ3n) is 3.59. The van der Waals surface area contributed by atoms with Crippen molar-refractivity contribution in [2.75, 3.05) is 5.32 Å². The molecule has 118 valence electrons. The van der Waals surface area contributed by atoms with E-state index < -0.39 is 0 Å². The first kappa shape index (κ1) is 18.4. The Labute approximate surface area is 143 Å². The second-order valence-electron chi connectivity index (χ2n) is 5.39. The van der Waals surface area contributed by atoms with E-state index in [1.54, 1.807) is 0 Å². The van der Waals surface area contributed by atoms with Crippen LogP contribution in [-0.4, -0.2) is 5.91 Å². The van der Waals surface area contributed by atoms with Gasteiger partial charge in [-0.3, -0.25) is 4.79 Å². The predicted octanol–water partition coefficient (Wildman–Crippen LogP) is 0.404. The molecule has 0 spiro atoms. The van der Waals surface area contributed by atoms with Gasteiger partial charge >= 0.3 is 0 Å². The molecule has 1 heterocycles. The van der Waals surface area contributed by atoms with Gasteiger partial charge in [-0.25, -0.2) is 4.57 Å². The summed E-state index contributed by atoms with van der Waals surface area (Å²) in [5, 5.41) is 3.03. The lowest BCUT2D eigenvalue weighted by Crippen LogP contribution is -3.00. The minimum Gasteiger partial charge on any atom is -1.00 e. The molecular formula is C18H23BrN2O. The highest BCUT2D eigenvalue weighted by Gasteiger charge is 2.07. The van der Waals surface area contributed by atoms with Gasteiger partial charge in [-0.1, -0.05) is 24.3 Å². The number of aromatic nitrogens is 1. The van der Waals surface area contributed by atoms with Gasteiger partial charge in [0.15, 0.2) is 12.4 Å². The molecule has 0 unspecified atom stereocenters. The Morgan fingerprint density at radius 1 is 1.00 bits per heavy atom. The summed E-state index contributed by atoms with van der Waals surface area (Å²) in [4.78, 5) is 12.0. The van der Waals surface area contributed by atoms with Crippen LogP contribution in [0.1, 0.15) is 30.4 Å². The van der Waals surface area contributed by atoms with Crippen LogP contribution in [0.4, 0.5) is 5.69 Å². The standard InChI is InChI=1S/C18H22N2O.BrH/c1-15-9-8-10-16(2)18(15)19-17(21)11-4-7-14-20-12-5-3-6-13-20;/h3,5-6,8-10,12-13H,4,7,11,14H2,1-2H3;1H. The van der Waals surface area contributed by atoms with Gasteiger partial charge in [0.1, 0.15) is 6.54 Å². The number of nitrogens with one attached hydrogen (secondary N) is 1. The summed E-state index contributed by atoms with van der Waals surface area (Å²) < 4.78 is 2.14. The number of anilines is 1. The molecule has 0 saturated carbocycles. The molecule has 2 aromatic rings. The van der Waals surface area contributed by atoms with Crippen LogP contribution in [0.3, 0.4) is 0 Å². The lowest BCUT2D eigenvalue weighted by molar-refractivity contribution is -0.697. The molecule has 1 amide bonds. The predicted molar refractivity (Wildman–Crippen MR) is 85.0 cm³/mol. The topological polar surface area (TPSA) is 33.0 Å². The molecule has 22 heavy (non-hydrogen) atoms. The maximum atomic E-state index is 12.0. The van der Waals surface area contributed by atoms with E-state index in [2.05, 4.69) is 22.3 Å². The van der Waals surface area contributed by atoms with Crippen molar-refractivity contribution in [2.24, 2.45) is 0 Å². The molecule has 0 bridgehead atoms. The van der Waals surface area contributed by atoms with E-state index in [4.69, 9.17) is 0 Å². The number of unbranched alkanes of at least 4 members (excludes halogenated alkanes) is 1. The highest BCUT2D eigenvalue weighted by molar-refractivity contribution is 5.92. The number of halogens is 1. The number of para-hydroxylation sites is 1. The fourth-order valence-electron chi connectivity index (χ4n) is 2.38. The first-order chi connectivity index (χ1) is 10.2. The molecule has 1 N–H and O–H groups in total. The number of carbonyl (C=O) groups excluding carboxylic acids is 1. The molecule has 4 heteroatoms. The lowest BCUT2D eigenvalue weighted by atomic mass is 10.1. The van der Waals surface area contributed by atoms with Crippen molar-refractivity contribution in [1.29, 1.82) is 0 Å². The first-order valence-corrected chi connectivity index (χ1v) is 7.47. The normalized spacial score (nSPS) is 9.91. The lowest BCUT2D eigenvalue weighted by Gasteiger charge is -2.11. The summed E-state index contributed by atoms with van der Waals surface area (Å²) in [5.41, 5.74) is 3.19. The average molecular weight is 363 g/mol. The molecule has 0 saturated heterocycles. The van der Waals surface area contributed by atoms with Crippen LogP contribution in [0.25, 0.3) is 0 Å². The van der Waals surface area contributed by atoms with Crippen molar-refractivity contribution >= 4 is 11.6 Å². The van der Waals surface area contributed by atoms with E-state index in [0.29, 0.717) is 6.42 Å². The number of hydrogen-bond acceptors (Lipinski definition) is 1. The van der Waals surface area contributed by atoms with Gasteiger partial charge < -0.3 is 22.3 Å². The summed E-state index contributed by atoms with van der Waals surface area (Å²) >= 11 is 0. The fraction of sp³-hybridized carbons (Fsp3) is 0.333. The molecule has 2 rings (SSSR count). The van der Waals surface area contributed by atoms with Crippen molar-refractivity contribution in [3.63, 3.8) is 0 Å². The molecule has 3 nitrogen and oxygen atoms in total. The van der Waals surface area contributed by atoms with Crippen LogP contribution in [-0.2, 0) is 11.3 Å². The summed E-state index contributed by atoms with van der Waals surface area (Å²) in [6.07, 6.45) is 6.59. The van der Waals surface area contributed by atoms with Crippen molar-refractivity contribution in [3.8, 4) is 0 Å². The van der Waals surface area contributed by atoms with Crippen molar-refractivity contribution in [1.82, 2.24) is 0 Å². The molecule has 0 atom stereocenters. The van der Waals surface area contributed by atoms with E-state index in [9.17, 15) is 4.79 Å². The first-order valence-electron chi connectivity index (χ1n) is 7.47. The molecule has 0 aliphatic rings. The van der Waals surface area contributed by atoms with Crippen LogP contribution in [0.15, 0.2) is 48.8 Å². The number of hydrogen-bond donors (Lipinski definition) is 1. The Morgan fingerprint density at radius 3 is 2.27 bits per heavy atom. The molecule has 0 radical (unpaired) electrons. The quantitative estimate of drug-likeness (QED) is 0.585. The monoisotopic (exact) mass is 362 g/mol. The number of rotatable bonds is 6. The van der Waals surface area contributed by atoms with E-state index in [-0.39, 0.29) is 22.9 Å². The van der Waals surface area contributed by atoms with Gasteiger partial charge in [-0.15, -0.1) is 0 Å². The van der Waals surface area contributed by atoms with Crippen molar-refractivity contribution in [2.45, 2.75) is 39.7 Å². The smallest absolute Gasteiger partial charge is 0.224 e. The van der Waals surface area contributed by atoms with Gasteiger partial charge in [0, 0.05) is 30.7 Å². The van der Waals surface area contributed by atoms with E-state index in [0.717, 1.165) is 36.2 Å². The number of carbonyl (C=O) groups is 1. The Balaban J connectivity index is 0.00000242. The second kappa shape index (κ2) is 9.36. The number of pyridine rings is 1. The maximum Gasteiger partial charge on any atom is 0.224 e. The van der Waals surface area contributed by atoms with E-state index >= 15 is 0 Å². The Morgan fingerprint density at radius 2 is 1.64 bits per heavy atom. The van der Waals surface area contributed by atoms with Crippen LogP contribution >= 0.6 is 0 Å². The number of aryl methyl sites for hydroxylation is 3. The average Bonchev–Trinajstić information content (AvgIpc) is 2.49. The Kier molecular flexibility index (Phi) is 7.82. The van der Waals surface area contributed by atoms with Gasteiger partial charge in [0.25, 0.3) is 0 Å². The van der Waals surface area contributed by atoms with Crippen LogP contribution in [0.5, 0.6) is 0 Å². The van der Waals surface area contributed by atoms with Gasteiger partial charge in [0.05, 0.1) is 0 Å². The SMILES string of the molecule is Cc1cccc(C)c1NC(=O)CCCC[n+]1ccccc1.[Br-]. The zero-order valence-electron chi connectivity index (χ0n) is 13.2. The van der Waals surface area contributed by atoms with Crippen molar-refractivity contribution < 1.29 is 26.3 Å². The van der Waals surface area contributed by atoms with Crippen molar-refractivity contribution in [3.05, 3.63) is 59.9 Å². The van der Waals surface area contributed by atoms with E-state index in [1.807, 2.05) is 50.2 Å². The zero-order chi connectivity index (χ0) is 15.1. The van der Waals surface area contributed by atoms with Gasteiger partial charge in [-0.2, -0.15) is 0 Å². The van der Waals surface area contributed by atoms with Gasteiger partial charge in [0.2, 0.25) is 5.91 Å².